The Morgan fingerprint density at radius 1 is 0.967 bits per heavy atom. The van der Waals surface area contributed by atoms with E-state index in [1.165, 1.54) is 12.1 Å². The molecular weight excluding hydrogens is 382 g/mol. The Balaban J connectivity index is 1.54. The molecule has 1 aliphatic rings. The fraction of sp³-hybridized carbons (Fsp3) is 0.182. The SMILES string of the molecule is O=C(c1c2ccccc2nc2cc(O)cc(O)c12)N1CCN(c2cnccn2)CC1. The summed E-state index contributed by atoms with van der Waals surface area (Å²) in [5.41, 5.74) is 1.42. The summed E-state index contributed by atoms with van der Waals surface area (Å²) in [4.78, 5) is 30.4. The Bertz CT molecular complexity index is 1250. The third kappa shape index (κ3) is 3.02. The lowest BCUT2D eigenvalue weighted by Crippen LogP contribution is -2.49. The molecule has 2 aromatic carbocycles. The van der Waals surface area contributed by atoms with Crippen molar-refractivity contribution in [3.63, 3.8) is 0 Å². The minimum absolute atomic E-state index is 0.0984. The van der Waals surface area contributed by atoms with Crippen molar-refractivity contribution >= 4 is 33.5 Å². The number of phenols is 2. The van der Waals surface area contributed by atoms with Crippen LogP contribution in [0, 0.1) is 0 Å². The summed E-state index contributed by atoms with van der Waals surface area (Å²) >= 11 is 0. The van der Waals surface area contributed by atoms with Gasteiger partial charge in [0.1, 0.15) is 17.3 Å². The zero-order valence-electron chi connectivity index (χ0n) is 16.1. The van der Waals surface area contributed by atoms with Crippen LogP contribution in [0.25, 0.3) is 21.8 Å². The fourth-order valence-electron chi connectivity index (χ4n) is 3.96. The number of hydrogen-bond donors (Lipinski definition) is 2. The molecule has 0 radical (unpaired) electrons. The van der Waals surface area contributed by atoms with Crippen LogP contribution in [0.2, 0.25) is 0 Å². The first-order valence-electron chi connectivity index (χ1n) is 9.66. The molecule has 0 bridgehead atoms. The Morgan fingerprint density at radius 2 is 1.77 bits per heavy atom. The first kappa shape index (κ1) is 18.1. The number of anilines is 1. The number of phenolic OH excluding ortho intramolecular Hbond substituents is 2. The summed E-state index contributed by atoms with van der Waals surface area (Å²) in [7, 11) is 0. The van der Waals surface area contributed by atoms with Crippen LogP contribution in [0.4, 0.5) is 5.82 Å². The molecule has 2 aromatic heterocycles. The van der Waals surface area contributed by atoms with E-state index < -0.39 is 0 Å². The highest BCUT2D eigenvalue weighted by atomic mass is 16.3. The molecule has 0 unspecified atom stereocenters. The van der Waals surface area contributed by atoms with Gasteiger partial charge in [-0.05, 0) is 6.07 Å². The van der Waals surface area contributed by atoms with E-state index in [0.717, 1.165) is 5.82 Å². The maximum Gasteiger partial charge on any atom is 0.255 e. The monoisotopic (exact) mass is 401 g/mol. The van der Waals surface area contributed by atoms with Crippen molar-refractivity contribution in [2.45, 2.75) is 0 Å². The Hall–Kier alpha value is -3.94. The summed E-state index contributed by atoms with van der Waals surface area (Å²) in [6.07, 6.45) is 5.00. The number of nitrogens with zero attached hydrogens (tertiary/aromatic N) is 5. The Kier molecular flexibility index (Phi) is 4.31. The fourth-order valence-corrected chi connectivity index (χ4v) is 3.96. The molecule has 8 nitrogen and oxygen atoms in total. The molecule has 30 heavy (non-hydrogen) atoms. The number of fused-ring (bicyclic) bond motifs is 2. The molecule has 1 aliphatic heterocycles. The van der Waals surface area contributed by atoms with E-state index in [1.54, 1.807) is 23.5 Å². The average Bonchev–Trinajstić information content (AvgIpc) is 2.78. The molecule has 0 saturated carbocycles. The lowest BCUT2D eigenvalue weighted by molar-refractivity contribution is 0.0750. The van der Waals surface area contributed by atoms with Crippen LogP contribution in [-0.2, 0) is 0 Å². The third-order valence-electron chi connectivity index (χ3n) is 5.40. The molecule has 8 heteroatoms. The minimum atomic E-state index is -0.168. The van der Waals surface area contributed by atoms with Gasteiger partial charge in [0.15, 0.2) is 0 Å². The summed E-state index contributed by atoms with van der Waals surface area (Å²) in [6, 6.07) is 10.0. The van der Waals surface area contributed by atoms with Crippen molar-refractivity contribution in [1.82, 2.24) is 19.9 Å². The molecule has 1 fully saturated rings. The van der Waals surface area contributed by atoms with E-state index in [4.69, 9.17) is 0 Å². The zero-order valence-corrected chi connectivity index (χ0v) is 16.1. The van der Waals surface area contributed by atoms with Gasteiger partial charge in [-0.3, -0.25) is 9.78 Å². The van der Waals surface area contributed by atoms with Crippen molar-refractivity contribution in [3.05, 3.63) is 60.6 Å². The number of para-hydroxylation sites is 1. The van der Waals surface area contributed by atoms with Crippen molar-refractivity contribution < 1.29 is 15.0 Å². The zero-order chi connectivity index (χ0) is 20.7. The van der Waals surface area contributed by atoms with Crippen molar-refractivity contribution in [2.24, 2.45) is 0 Å². The quantitative estimate of drug-likeness (QED) is 0.498. The van der Waals surface area contributed by atoms with E-state index >= 15 is 0 Å². The standard InChI is InChI=1S/C22H19N5O3/c28-14-11-17-21(18(29)12-14)20(15-3-1-2-4-16(15)25-17)22(30)27-9-7-26(8-10-27)19-13-23-5-6-24-19/h1-6,11-13,28-29H,7-10H2. The van der Waals surface area contributed by atoms with Crippen molar-refractivity contribution in [3.8, 4) is 11.5 Å². The first-order valence-corrected chi connectivity index (χ1v) is 9.66. The molecule has 150 valence electrons. The molecular formula is C22H19N5O3. The van der Waals surface area contributed by atoms with Crippen molar-refractivity contribution in [2.75, 3.05) is 31.1 Å². The van der Waals surface area contributed by atoms with Gasteiger partial charge in [-0.25, -0.2) is 9.97 Å². The molecule has 1 saturated heterocycles. The van der Waals surface area contributed by atoms with Crippen LogP contribution < -0.4 is 4.90 Å². The maximum absolute atomic E-state index is 13.6. The van der Waals surface area contributed by atoms with Gasteiger partial charge < -0.3 is 20.0 Å². The number of amides is 1. The minimum Gasteiger partial charge on any atom is -0.508 e. The van der Waals surface area contributed by atoms with E-state index in [1.807, 2.05) is 24.3 Å². The van der Waals surface area contributed by atoms with Gasteiger partial charge in [0, 0.05) is 56.1 Å². The molecule has 5 rings (SSSR count). The molecule has 1 amide bonds. The smallest absolute Gasteiger partial charge is 0.255 e. The van der Waals surface area contributed by atoms with E-state index in [0.29, 0.717) is 53.5 Å². The number of aromatic nitrogens is 3. The summed E-state index contributed by atoms with van der Waals surface area (Å²) in [6.45, 7) is 2.31. The van der Waals surface area contributed by atoms with Gasteiger partial charge >= 0.3 is 0 Å². The summed E-state index contributed by atoms with van der Waals surface area (Å²) in [5.74, 6) is 0.361. The van der Waals surface area contributed by atoms with Crippen LogP contribution in [0.5, 0.6) is 11.5 Å². The highest BCUT2D eigenvalue weighted by Gasteiger charge is 2.27. The van der Waals surface area contributed by atoms with Crippen LogP contribution >= 0.6 is 0 Å². The first-order chi connectivity index (χ1) is 14.6. The van der Waals surface area contributed by atoms with Crippen LogP contribution in [0.3, 0.4) is 0 Å². The lowest BCUT2D eigenvalue weighted by atomic mass is 10.00. The number of benzene rings is 2. The Morgan fingerprint density at radius 3 is 2.53 bits per heavy atom. The van der Waals surface area contributed by atoms with Crippen LogP contribution in [-0.4, -0.2) is 62.2 Å². The van der Waals surface area contributed by atoms with Gasteiger partial charge in [0.25, 0.3) is 5.91 Å². The number of piperazine rings is 1. The molecule has 2 N–H and O–H groups in total. The van der Waals surface area contributed by atoms with Gasteiger partial charge in [0.2, 0.25) is 0 Å². The summed E-state index contributed by atoms with van der Waals surface area (Å²) < 4.78 is 0. The van der Waals surface area contributed by atoms with E-state index in [-0.39, 0.29) is 17.4 Å². The number of rotatable bonds is 2. The summed E-state index contributed by atoms with van der Waals surface area (Å²) in [5, 5.41) is 21.5. The largest absolute Gasteiger partial charge is 0.508 e. The van der Waals surface area contributed by atoms with Crippen LogP contribution in [0.15, 0.2) is 55.0 Å². The predicted octanol–water partition coefficient (Wildman–Crippen LogP) is 2.55. The number of carbonyl (C=O) groups is 1. The molecule has 0 atom stereocenters. The maximum atomic E-state index is 13.6. The highest BCUT2D eigenvalue weighted by Crippen LogP contribution is 2.36. The molecule has 0 spiro atoms. The second kappa shape index (κ2) is 7.14. The second-order valence-electron chi connectivity index (χ2n) is 7.21. The lowest BCUT2D eigenvalue weighted by Gasteiger charge is -2.35. The molecule has 0 aliphatic carbocycles. The van der Waals surface area contributed by atoms with E-state index in [9.17, 15) is 15.0 Å². The number of hydrogen-bond acceptors (Lipinski definition) is 7. The average molecular weight is 401 g/mol. The van der Waals surface area contributed by atoms with Gasteiger partial charge in [0.05, 0.1) is 28.2 Å². The second-order valence-corrected chi connectivity index (χ2v) is 7.21. The van der Waals surface area contributed by atoms with Gasteiger partial charge in [-0.15, -0.1) is 0 Å². The predicted molar refractivity (Wildman–Crippen MR) is 113 cm³/mol. The normalized spacial score (nSPS) is 14.4. The number of carbonyl (C=O) groups excluding carboxylic acids is 1. The topological polar surface area (TPSA) is 103 Å². The van der Waals surface area contributed by atoms with Crippen LogP contribution in [0.1, 0.15) is 10.4 Å². The highest BCUT2D eigenvalue weighted by molar-refractivity contribution is 6.17. The van der Waals surface area contributed by atoms with Gasteiger partial charge in [-0.2, -0.15) is 0 Å². The molecule has 4 aromatic rings. The third-order valence-corrected chi connectivity index (χ3v) is 5.40. The number of aromatic hydroxyl groups is 2. The Labute approximate surface area is 172 Å². The van der Waals surface area contributed by atoms with Crippen molar-refractivity contribution in [1.29, 1.82) is 0 Å². The van der Waals surface area contributed by atoms with E-state index in [2.05, 4.69) is 19.9 Å². The number of pyridine rings is 1. The van der Waals surface area contributed by atoms with Gasteiger partial charge in [-0.1, -0.05) is 18.2 Å². The molecule has 3 heterocycles.